The zero-order chi connectivity index (χ0) is 17.9. The number of hydrogen-bond acceptors (Lipinski definition) is 7. The fourth-order valence-electron chi connectivity index (χ4n) is 2.81. The summed E-state index contributed by atoms with van der Waals surface area (Å²) >= 11 is 0. The number of nitrogens with one attached hydrogen (secondary N) is 1. The molecule has 0 aliphatic heterocycles. The normalized spacial score (nSPS) is 11.3. The zero-order valence-electron chi connectivity index (χ0n) is 14.6. The maximum atomic E-state index is 4.84. The predicted molar refractivity (Wildman–Crippen MR) is 97.4 cm³/mol. The number of hydrogen-bond donors (Lipinski definition) is 1. The van der Waals surface area contributed by atoms with E-state index in [4.69, 9.17) is 4.52 Å². The van der Waals surface area contributed by atoms with Crippen molar-refractivity contribution >= 4 is 11.6 Å². The average Bonchev–Trinajstić information content (AvgIpc) is 3.32. The van der Waals surface area contributed by atoms with Gasteiger partial charge in [0.15, 0.2) is 5.65 Å². The maximum absolute atomic E-state index is 4.84. The predicted octanol–water partition coefficient (Wildman–Crippen LogP) is 2.45. The van der Waals surface area contributed by atoms with Crippen LogP contribution in [-0.2, 0) is 13.1 Å². The summed E-state index contributed by atoms with van der Waals surface area (Å²) in [6, 6.07) is 10.2. The van der Waals surface area contributed by atoms with Gasteiger partial charge in [0, 0.05) is 24.4 Å². The van der Waals surface area contributed by atoms with Crippen LogP contribution in [0.15, 0.2) is 53.6 Å². The lowest BCUT2D eigenvalue weighted by atomic mass is 10.1. The third kappa shape index (κ3) is 3.27. The molecule has 1 aromatic carbocycles. The molecule has 26 heavy (non-hydrogen) atoms. The van der Waals surface area contributed by atoms with Crippen LogP contribution in [0.1, 0.15) is 11.3 Å². The van der Waals surface area contributed by atoms with Crippen LogP contribution in [0.25, 0.3) is 16.8 Å². The summed E-state index contributed by atoms with van der Waals surface area (Å²) in [6.45, 7) is 1.42. The van der Waals surface area contributed by atoms with E-state index in [1.54, 1.807) is 18.7 Å². The molecule has 8 nitrogen and oxygen atoms in total. The van der Waals surface area contributed by atoms with Gasteiger partial charge < -0.3 is 14.7 Å². The molecule has 0 fully saturated rings. The van der Waals surface area contributed by atoms with Gasteiger partial charge in [-0.2, -0.15) is 0 Å². The van der Waals surface area contributed by atoms with Crippen molar-refractivity contribution < 1.29 is 4.52 Å². The molecule has 0 aliphatic rings. The molecule has 0 aliphatic carbocycles. The van der Waals surface area contributed by atoms with Gasteiger partial charge in [-0.3, -0.25) is 4.40 Å². The van der Waals surface area contributed by atoms with E-state index in [-0.39, 0.29) is 0 Å². The maximum Gasteiger partial charge on any atom is 0.210 e. The Balaban J connectivity index is 1.62. The highest BCUT2D eigenvalue weighted by atomic mass is 16.5. The van der Waals surface area contributed by atoms with Crippen LogP contribution in [0.5, 0.6) is 0 Å². The third-order valence-corrected chi connectivity index (χ3v) is 4.02. The minimum absolute atomic E-state index is 0.509. The standard InChI is InChI=1S/C18H19N7O/c1-24(2)11-13-3-5-14(6-4-13)16-10-20-18(25-12-21-22-17(16)25)19-9-15-7-8-26-23-15/h3-8,10,12H,9,11H2,1-2H3,(H,19,20). The molecule has 132 valence electrons. The summed E-state index contributed by atoms with van der Waals surface area (Å²) in [4.78, 5) is 6.67. The Bertz CT molecular complexity index is 990. The van der Waals surface area contributed by atoms with Crippen LogP contribution >= 0.6 is 0 Å². The SMILES string of the molecule is CN(C)Cc1ccc(-c2cnc(NCc3ccon3)n3cnnc23)cc1. The van der Waals surface area contributed by atoms with Crippen molar-refractivity contribution in [1.29, 1.82) is 0 Å². The van der Waals surface area contributed by atoms with Crippen LogP contribution in [0.2, 0.25) is 0 Å². The molecule has 0 unspecified atom stereocenters. The molecule has 0 bridgehead atoms. The Morgan fingerprint density at radius 2 is 2.00 bits per heavy atom. The number of benzene rings is 1. The van der Waals surface area contributed by atoms with Gasteiger partial charge in [-0.05, 0) is 25.2 Å². The molecule has 0 amide bonds. The van der Waals surface area contributed by atoms with Gasteiger partial charge >= 0.3 is 0 Å². The number of anilines is 1. The van der Waals surface area contributed by atoms with E-state index >= 15 is 0 Å². The Kier molecular flexibility index (Phi) is 4.32. The molecular formula is C18H19N7O. The minimum Gasteiger partial charge on any atom is -0.364 e. The quantitative estimate of drug-likeness (QED) is 0.572. The van der Waals surface area contributed by atoms with Crippen molar-refractivity contribution in [2.75, 3.05) is 19.4 Å². The molecular weight excluding hydrogens is 330 g/mol. The lowest BCUT2D eigenvalue weighted by Crippen LogP contribution is -2.10. The fraction of sp³-hybridized carbons (Fsp3) is 0.222. The van der Waals surface area contributed by atoms with Crippen LogP contribution in [-0.4, -0.2) is 43.7 Å². The Labute approximate surface area is 150 Å². The molecule has 0 atom stereocenters. The molecule has 8 heteroatoms. The molecule has 3 heterocycles. The molecule has 0 saturated carbocycles. The highest BCUT2D eigenvalue weighted by Gasteiger charge is 2.11. The van der Waals surface area contributed by atoms with Crippen molar-refractivity contribution in [3.63, 3.8) is 0 Å². The zero-order valence-corrected chi connectivity index (χ0v) is 14.6. The van der Waals surface area contributed by atoms with Crippen LogP contribution in [0.3, 0.4) is 0 Å². The first-order valence-electron chi connectivity index (χ1n) is 8.26. The van der Waals surface area contributed by atoms with E-state index in [2.05, 4.69) is 68.9 Å². The second-order valence-electron chi connectivity index (χ2n) is 6.30. The van der Waals surface area contributed by atoms with Gasteiger partial charge in [0.1, 0.15) is 18.3 Å². The monoisotopic (exact) mass is 349 g/mol. The van der Waals surface area contributed by atoms with Crippen molar-refractivity contribution in [1.82, 2.24) is 29.6 Å². The minimum atomic E-state index is 0.509. The molecule has 3 aromatic heterocycles. The van der Waals surface area contributed by atoms with Crippen molar-refractivity contribution in [2.45, 2.75) is 13.1 Å². The third-order valence-electron chi connectivity index (χ3n) is 4.02. The first-order chi connectivity index (χ1) is 12.7. The first kappa shape index (κ1) is 16.2. The summed E-state index contributed by atoms with van der Waals surface area (Å²) in [5, 5.41) is 15.4. The van der Waals surface area contributed by atoms with Crippen LogP contribution < -0.4 is 5.32 Å². The topological polar surface area (TPSA) is 84.4 Å². The van der Waals surface area contributed by atoms with E-state index in [9.17, 15) is 0 Å². The smallest absolute Gasteiger partial charge is 0.210 e. The molecule has 0 radical (unpaired) electrons. The molecule has 1 N–H and O–H groups in total. The highest BCUT2D eigenvalue weighted by Crippen LogP contribution is 2.25. The van der Waals surface area contributed by atoms with Gasteiger partial charge in [-0.1, -0.05) is 29.4 Å². The van der Waals surface area contributed by atoms with E-state index < -0.39 is 0 Å². The van der Waals surface area contributed by atoms with Crippen molar-refractivity contribution in [3.8, 4) is 11.1 Å². The highest BCUT2D eigenvalue weighted by molar-refractivity contribution is 5.77. The molecule has 0 saturated heterocycles. The lowest BCUT2D eigenvalue weighted by molar-refractivity contribution is 0.402. The summed E-state index contributed by atoms with van der Waals surface area (Å²) < 4.78 is 6.68. The fourth-order valence-corrected chi connectivity index (χ4v) is 2.81. The average molecular weight is 349 g/mol. The summed E-state index contributed by atoms with van der Waals surface area (Å²) in [6.07, 6.45) is 5.01. The second kappa shape index (κ2) is 6.93. The van der Waals surface area contributed by atoms with Gasteiger partial charge in [0.05, 0.1) is 6.54 Å². The van der Waals surface area contributed by atoms with Crippen molar-refractivity contribution in [2.24, 2.45) is 0 Å². The Hall–Kier alpha value is -3.26. The van der Waals surface area contributed by atoms with E-state index in [1.807, 2.05) is 10.6 Å². The van der Waals surface area contributed by atoms with Gasteiger partial charge in [0.2, 0.25) is 5.95 Å². The molecule has 4 rings (SSSR count). The van der Waals surface area contributed by atoms with Gasteiger partial charge in [0.25, 0.3) is 0 Å². The summed E-state index contributed by atoms with van der Waals surface area (Å²) in [5.41, 5.74) is 4.80. The Morgan fingerprint density at radius 1 is 1.15 bits per heavy atom. The number of nitrogens with zero attached hydrogens (tertiary/aromatic N) is 6. The Morgan fingerprint density at radius 3 is 2.73 bits per heavy atom. The number of fused-ring (bicyclic) bond motifs is 1. The van der Waals surface area contributed by atoms with Crippen LogP contribution in [0, 0.1) is 0 Å². The summed E-state index contributed by atoms with van der Waals surface area (Å²) in [7, 11) is 4.12. The van der Waals surface area contributed by atoms with Crippen molar-refractivity contribution in [3.05, 3.63) is 60.4 Å². The largest absolute Gasteiger partial charge is 0.364 e. The van der Waals surface area contributed by atoms with E-state index in [0.29, 0.717) is 12.5 Å². The number of aromatic nitrogens is 5. The second-order valence-corrected chi connectivity index (χ2v) is 6.30. The van der Waals surface area contributed by atoms with Gasteiger partial charge in [-0.25, -0.2) is 4.98 Å². The van der Waals surface area contributed by atoms with E-state index in [1.165, 1.54) is 5.56 Å². The van der Waals surface area contributed by atoms with Gasteiger partial charge in [-0.15, -0.1) is 10.2 Å². The molecule has 4 aromatic rings. The first-order valence-corrected chi connectivity index (χ1v) is 8.26. The van der Waals surface area contributed by atoms with Crippen LogP contribution in [0.4, 0.5) is 5.95 Å². The number of rotatable bonds is 6. The summed E-state index contributed by atoms with van der Waals surface area (Å²) in [5.74, 6) is 0.654. The van der Waals surface area contributed by atoms with E-state index in [0.717, 1.165) is 29.0 Å². The lowest BCUT2D eigenvalue weighted by Gasteiger charge is -2.11. The molecule has 0 spiro atoms.